The summed E-state index contributed by atoms with van der Waals surface area (Å²) in [4.78, 5) is 28.0. The number of fused-ring (bicyclic) bond motifs is 4. The van der Waals surface area contributed by atoms with Crippen molar-refractivity contribution in [1.82, 2.24) is 20.2 Å². The molecule has 4 aromatic rings. The number of aromatic hydroxyl groups is 1. The lowest BCUT2D eigenvalue weighted by molar-refractivity contribution is 0.0231. The molecule has 42 heavy (non-hydrogen) atoms. The van der Waals surface area contributed by atoms with Crippen molar-refractivity contribution in [2.45, 2.75) is 37.8 Å². The second kappa shape index (κ2) is 10.2. The summed E-state index contributed by atoms with van der Waals surface area (Å²) >= 11 is 0. The molecule has 2 unspecified atom stereocenters. The molecule has 1 aliphatic carbocycles. The number of piperazine rings is 1. The predicted octanol–water partition coefficient (Wildman–Crippen LogP) is 3.54. The van der Waals surface area contributed by atoms with Gasteiger partial charge in [0.25, 0.3) is 0 Å². The maximum absolute atomic E-state index is 13.7. The number of hydrogen-bond donors (Lipinski definition) is 2. The Morgan fingerprint density at radius 3 is 2.62 bits per heavy atom. The lowest BCUT2D eigenvalue weighted by Gasteiger charge is -2.34. The fourth-order valence-electron chi connectivity index (χ4n) is 6.92. The first kappa shape index (κ1) is 25.9. The van der Waals surface area contributed by atoms with Gasteiger partial charge >= 0.3 is 11.6 Å². The van der Waals surface area contributed by atoms with E-state index in [2.05, 4.69) is 15.1 Å². The van der Waals surface area contributed by atoms with Gasteiger partial charge in [0.15, 0.2) is 5.82 Å². The third kappa shape index (κ3) is 4.87. The molecule has 2 aromatic heterocycles. The SMILES string of the molecule is O=c1oc(-c2cc(O)cc3ccccc23)cc2nc(OCC3(CN4CCOCC4)CC3)nc(N3CC4CCC(C3)N4)c12. The lowest BCUT2D eigenvalue weighted by atomic mass is 10.0. The molecule has 4 aliphatic rings. The highest BCUT2D eigenvalue weighted by atomic mass is 16.5. The van der Waals surface area contributed by atoms with Crippen LogP contribution in [0.2, 0.25) is 0 Å². The highest BCUT2D eigenvalue weighted by Crippen LogP contribution is 2.46. The van der Waals surface area contributed by atoms with Crippen LogP contribution in [0.25, 0.3) is 33.0 Å². The summed E-state index contributed by atoms with van der Waals surface area (Å²) in [5.41, 5.74) is 0.728. The van der Waals surface area contributed by atoms with E-state index < -0.39 is 5.63 Å². The summed E-state index contributed by atoms with van der Waals surface area (Å²) in [7, 11) is 0. The van der Waals surface area contributed by atoms with Gasteiger partial charge in [-0.1, -0.05) is 24.3 Å². The van der Waals surface area contributed by atoms with Crippen LogP contribution in [0.3, 0.4) is 0 Å². The van der Waals surface area contributed by atoms with Gasteiger partial charge in [0, 0.05) is 61.9 Å². The number of anilines is 1. The molecule has 3 aliphatic heterocycles. The molecule has 2 N–H and O–H groups in total. The molecular formula is C32H35N5O5. The molecule has 10 nitrogen and oxygen atoms in total. The topological polar surface area (TPSA) is 113 Å². The number of nitrogens with one attached hydrogen (secondary N) is 1. The molecule has 1 saturated carbocycles. The molecule has 0 radical (unpaired) electrons. The molecular weight excluding hydrogens is 534 g/mol. The Morgan fingerprint density at radius 1 is 1.05 bits per heavy atom. The summed E-state index contributed by atoms with van der Waals surface area (Å²) in [5.74, 6) is 1.03. The van der Waals surface area contributed by atoms with Crippen molar-refractivity contribution in [3.05, 3.63) is 52.9 Å². The van der Waals surface area contributed by atoms with E-state index >= 15 is 0 Å². The van der Waals surface area contributed by atoms with Crippen molar-refractivity contribution in [2.24, 2.45) is 5.41 Å². The second-order valence-corrected chi connectivity index (χ2v) is 12.4. The monoisotopic (exact) mass is 569 g/mol. The van der Waals surface area contributed by atoms with Crippen molar-refractivity contribution in [3.63, 3.8) is 0 Å². The van der Waals surface area contributed by atoms with Crippen LogP contribution >= 0.6 is 0 Å². The van der Waals surface area contributed by atoms with E-state index in [9.17, 15) is 9.90 Å². The normalized spacial score (nSPS) is 23.5. The number of phenols is 1. The van der Waals surface area contributed by atoms with Gasteiger partial charge < -0.3 is 29.2 Å². The van der Waals surface area contributed by atoms with Crippen LogP contribution in [0, 0.1) is 5.41 Å². The molecule has 8 rings (SSSR count). The highest BCUT2D eigenvalue weighted by molar-refractivity contribution is 5.98. The van der Waals surface area contributed by atoms with Crippen LogP contribution in [0.15, 0.2) is 51.7 Å². The third-order valence-electron chi connectivity index (χ3n) is 9.33. The van der Waals surface area contributed by atoms with Crippen molar-refractivity contribution in [3.8, 4) is 23.1 Å². The van der Waals surface area contributed by atoms with Gasteiger partial charge in [0.1, 0.15) is 16.9 Å². The Hall–Kier alpha value is -3.73. The van der Waals surface area contributed by atoms with Crippen LogP contribution in [0.4, 0.5) is 5.82 Å². The van der Waals surface area contributed by atoms with Gasteiger partial charge in [0.2, 0.25) is 0 Å². The summed E-state index contributed by atoms with van der Waals surface area (Å²) in [6.07, 6.45) is 4.45. The maximum atomic E-state index is 13.7. The minimum absolute atomic E-state index is 0.102. The summed E-state index contributed by atoms with van der Waals surface area (Å²) < 4.78 is 17.8. The van der Waals surface area contributed by atoms with Crippen molar-refractivity contribution in [2.75, 3.05) is 57.4 Å². The van der Waals surface area contributed by atoms with Crippen molar-refractivity contribution >= 4 is 27.5 Å². The first-order chi connectivity index (χ1) is 20.5. The predicted molar refractivity (Wildman–Crippen MR) is 159 cm³/mol. The average Bonchev–Trinajstić information content (AvgIpc) is 3.69. The zero-order chi connectivity index (χ0) is 28.3. The number of phenolic OH excluding ortho intramolecular Hbond substituents is 1. The second-order valence-electron chi connectivity index (χ2n) is 12.4. The quantitative estimate of drug-likeness (QED) is 0.343. The number of hydrogen-bond acceptors (Lipinski definition) is 10. The number of rotatable bonds is 7. The Kier molecular flexibility index (Phi) is 6.31. The Balaban J connectivity index is 1.19. The van der Waals surface area contributed by atoms with E-state index in [4.69, 9.17) is 23.9 Å². The molecule has 0 amide bonds. The van der Waals surface area contributed by atoms with Gasteiger partial charge in [-0.05, 0) is 48.6 Å². The van der Waals surface area contributed by atoms with E-state index in [1.807, 2.05) is 24.3 Å². The number of morpholine rings is 1. The summed E-state index contributed by atoms with van der Waals surface area (Å²) in [6, 6.07) is 13.9. The van der Waals surface area contributed by atoms with Crippen LogP contribution in [-0.4, -0.2) is 84.6 Å². The van der Waals surface area contributed by atoms with E-state index in [1.54, 1.807) is 18.2 Å². The third-order valence-corrected chi connectivity index (χ3v) is 9.33. The Morgan fingerprint density at radius 2 is 1.83 bits per heavy atom. The molecule has 2 atom stereocenters. The fraction of sp³-hybridized carbons (Fsp3) is 0.469. The first-order valence-electron chi connectivity index (χ1n) is 15.0. The standard InChI is InChI=1S/C32H35N5O5/c38-23-13-20-3-1-2-4-24(20)25(14-23)27-15-26-28(30(39)42-27)29(37-16-21-5-6-22(17-37)33-21)35-31(34-26)41-19-32(7-8-32)18-36-9-11-40-12-10-36/h1-4,13-15,21-22,33,38H,5-12,16-19H2. The van der Waals surface area contributed by atoms with Gasteiger partial charge in [-0.15, -0.1) is 0 Å². The molecule has 5 heterocycles. The number of benzene rings is 2. The Bertz CT molecular complexity index is 1700. The van der Waals surface area contributed by atoms with Crippen LogP contribution in [0.1, 0.15) is 25.7 Å². The van der Waals surface area contributed by atoms with E-state index in [1.165, 1.54) is 0 Å². The lowest BCUT2D eigenvalue weighted by Crippen LogP contribution is -2.51. The zero-order valence-corrected chi connectivity index (χ0v) is 23.6. The zero-order valence-electron chi connectivity index (χ0n) is 23.6. The molecule has 2 bridgehead atoms. The fourth-order valence-corrected chi connectivity index (χ4v) is 6.92. The highest BCUT2D eigenvalue weighted by Gasteiger charge is 2.45. The van der Waals surface area contributed by atoms with Gasteiger partial charge in [0.05, 0.1) is 25.3 Å². The van der Waals surface area contributed by atoms with E-state index in [0.29, 0.717) is 46.7 Å². The maximum Gasteiger partial charge on any atom is 0.349 e. The molecule has 2 aromatic carbocycles. The first-order valence-corrected chi connectivity index (χ1v) is 15.0. The van der Waals surface area contributed by atoms with E-state index in [-0.39, 0.29) is 17.2 Å². The Labute approximate surface area is 243 Å². The average molecular weight is 570 g/mol. The smallest absolute Gasteiger partial charge is 0.349 e. The number of aromatic nitrogens is 2. The van der Waals surface area contributed by atoms with Crippen LogP contribution in [0.5, 0.6) is 11.8 Å². The number of nitrogens with zero attached hydrogens (tertiary/aromatic N) is 4. The summed E-state index contributed by atoms with van der Waals surface area (Å²) in [5, 5.41) is 16.2. The molecule has 0 spiro atoms. The van der Waals surface area contributed by atoms with E-state index in [0.717, 1.165) is 82.4 Å². The van der Waals surface area contributed by atoms with Gasteiger partial charge in [-0.25, -0.2) is 4.79 Å². The summed E-state index contributed by atoms with van der Waals surface area (Å²) in [6.45, 7) is 6.50. The minimum atomic E-state index is -0.492. The number of ether oxygens (including phenoxy) is 2. The van der Waals surface area contributed by atoms with Gasteiger partial charge in [-0.2, -0.15) is 9.97 Å². The van der Waals surface area contributed by atoms with Crippen LogP contribution < -0.4 is 20.6 Å². The molecule has 3 saturated heterocycles. The molecule has 218 valence electrons. The minimum Gasteiger partial charge on any atom is -0.508 e. The van der Waals surface area contributed by atoms with Crippen molar-refractivity contribution < 1.29 is 19.0 Å². The van der Waals surface area contributed by atoms with Crippen molar-refractivity contribution in [1.29, 1.82) is 0 Å². The molecule has 10 heteroatoms. The largest absolute Gasteiger partial charge is 0.508 e. The van der Waals surface area contributed by atoms with Crippen LogP contribution in [-0.2, 0) is 4.74 Å². The molecule has 4 fully saturated rings. The van der Waals surface area contributed by atoms with Gasteiger partial charge in [-0.3, -0.25) is 4.90 Å².